The summed E-state index contributed by atoms with van der Waals surface area (Å²) >= 11 is 0. The number of carbonyl (C=O) groups is 1. The summed E-state index contributed by atoms with van der Waals surface area (Å²) in [5.41, 5.74) is -0.0805. The Morgan fingerprint density at radius 2 is 2.16 bits per heavy atom. The molecule has 0 aliphatic heterocycles. The van der Waals surface area contributed by atoms with Crippen LogP contribution < -0.4 is 10.9 Å². The van der Waals surface area contributed by atoms with Crippen LogP contribution in [0.2, 0.25) is 0 Å². The lowest BCUT2D eigenvalue weighted by atomic mass is 10.3. The number of para-hydroxylation sites is 1. The van der Waals surface area contributed by atoms with E-state index in [0.29, 0.717) is 15.7 Å². The summed E-state index contributed by atoms with van der Waals surface area (Å²) in [6, 6.07) is 6.09. The van der Waals surface area contributed by atoms with Crippen molar-refractivity contribution in [2.75, 3.05) is 0 Å². The van der Waals surface area contributed by atoms with Gasteiger partial charge in [0, 0.05) is 6.20 Å². The molecule has 19 heavy (non-hydrogen) atoms. The highest BCUT2D eigenvalue weighted by Gasteiger charge is 2.13. The first-order valence-electron chi connectivity index (χ1n) is 5.97. The van der Waals surface area contributed by atoms with Crippen LogP contribution in [0, 0.1) is 0 Å². The Labute approximate surface area is 109 Å². The number of nitrogens with zero attached hydrogens (tertiary/aromatic N) is 1. The maximum atomic E-state index is 11.9. The van der Waals surface area contributed by atoms with Crippen LogP contribution in [-0.4, -0.2) is 10.8 Å². The standard InChI is InChI=1S/C14H14N2O3/c1-2-3-4-7-10-15-14(18)16-13(17)11-8-5-6-9-12(11)19-16/h3-10H,2H2,1H3,(H,15,18). The molecule has 0 spiro atoms. The lowest BCUT2D eigenvalue weighted by molar-refractivity contribution is 0.217. The van der Waals surface area contributed by atoms with Crippen molar-refractivity contribution in [3.63, 3.8) is 0 Å². The molecular formula is C14H14N2O3. The molecule has 0 radical (unpaired) electrons. The molecule has 1 heterocycles. The lowest BCUT2D eigenvalue weighted by Crippen LogP contribution is -2.30. The minimum absolute atomic E-state index is 0.382. The molecule has 0 atom stereocenters. The number of benzene rings is 1. The Bertz CT molecular complexity index is 692. The fraction of sp³-hybridized carbons (Fsp3) is 0.143. The number of hydrogen-bond donors (Lipinski definition) is 1. The minimum Gasteiger partial charge on any atom is -0.366 e. The Balaban J connectivity index is 2.18. The number of carbonyl (C=O) groups excluding carboxylic acids is 1. The van der Waals surface area contributed by atoms with Crippen molar-refractivity contribution in [1.29, 1.82) is 0 Å². The van der Waals surface area contributed by atoms with Gasteiger partial charge in [-0.2, -0.15) is 0 Å². The molecule has 0 saturated heterocycles. The summed E-state index contributed by atoms with van der Waals surface area (Å²) < 4.78 is 5.89. The van der Waals surface area contributed by atoms with E-state index in [-0.39, 0.29) is 0 Å². The van der Waals surface area contributed by atoms with Gasteiger partial charge in [0.25, 0.3) is 5.56 Å². The van der Waals surface area contributed by atoms with E-state index < -0.39 is 11.6 Å². The summed E-state index contributed by atoms with van der Waals surface area (Å²) in [6.45, 7) is 2.01. The normalized spacial score (nSPS) is 11.6. The maximum Gasteiger partial charge on any atom is 0.362 e. The van der Waals surface area contributed by atoms with Crippen molar-refractivity contribution in [3.8, 4) is 0 Å². The van der Waals surface area contributed by atoms with E-state index in [0.717, 1.165) is 6.42 Å². The quantitative estimate of drug-likeness (QED) is 0.861. The number of aromatic nitrogens is 1. The van der Waals surface area contributed by atoms with Crippen molar-refractivity contribution in [2.45, 2.75) is 13.3 Å². The highest BCUT2D eigenvalue weighted by atomic mass is 16.5. The van der Waals surface area contributed by atoms with Gasteiger partial charge in [0.1, 0.15) is 0 Å². The van der Waals surface area contributed by atoms with Crippen molar-refractivity contribution in [1.82, 2.24) is 10.1 Å². The molecular weight excluding hydrogens is 244 g/mol. The van der Waals surface area contributed by atoms with Gasteiger partial charge in [-0.3, -0.25) is 4.79 Å². The van der Waals surface area contributed by atoms with E-state index in [1.807, 2.05) is 19.1 Å². The molecule has 1 aromatic heterocycles. The fourth-order valence-electron chi connectivity index (χ4n) is 1.55. The SMILES string of the molecule is CCC=CC=CNC(=O)n1oc2ccccc2c1=O. The largest absolute Gasteiger partial charge is 0.366 e. The first-order valence-corrected chi connectivity index (χ1v) is 5.97. The molecule has 1 amide bonds. The second kappa shape index (κ2) is 5.86. The predicted octanol–water partition coefficient (Wildman–Crippen LogP) is 2.63. The zero-order valence-corrected chi connectivity index (χ0v) is 10.5. The van der Waals surface area contributed by atoms with Crippen LogP contribution in [0.3, 0.4) is 0 Å². The highest BCUT2D eigenvalue weighted by Crippen LogP contribution is 2.08. The third-order valence-corrected chi connectivity index (χ3v) is 2.46. The summed E-state index contributed by atoms with van der Waals surface area (Å²) in [5.74, 6) is 0. The molecule has 0 unspecified atom stereocenters. The van der Waals surface area contributed by atoms with Crippen molar-refractivity contribution < 1.29 is 9.32 Å². The molecule has 0 fully saturated rings. The average molecular weight is 258 g/mol. The van der Waals surface area contributed by atoms with Crippen LogP contribution in [0.1, 0.15) is 13.3 Å². The Morgan fingerprint density at radius 1 is 1.37 bits per heavy atom. The molecule has 0 bridgehead atoms. The molecule has 0 saturated carbocycles. The first kappa shape index (κ1) is 12.9. The number of rotatable bonds is 3. The Morgan fingerprint density at radius 3 is 2.89 bits per heavy atom. The van der Waals surface area contributed by atoms with E-state index in [9.17, 15) is 9.59 Å². The van der Waals surface area contributed by atoms with Gasteiger partial charge >= 0.3 is 6.03 Å². The van der Waals surface area contributed by atoms with Crippen molar-refractivity contribution in [2.24, 2.45) is 0 Å². The third-order valence-electron chi connectivity index (χ3n) is 2.46. The van der Waals surface area contributed by atoms with E-state index in [1.165, 1.54) is 6.20 Å². The summed E-state index contributed by atoms with van der Waals surface area (Å²) in [6.07, 6.45) is 7.79. The second-order valence-electron chi connectivity index (χ2n) is 3.83. The minimum atomic E-state index is -0.623. The molecule has 2 aromatic rings. The van der Waals surface area contributed by atoms with Crippen LogP contribution in [0.15, 0.2) is 58.0 Å². The van der Waals surface area contributed by atoms with Crippen molar-refractivity contribution in [3.05, 3.63) is 59.0 Å². The van der Waals surface area contributed by atoms with Gasteiger partial charge in [0.15, 0.2) is 5.58 Å². The molecule has 5 heteroatoms. The number of fused-ring (bicyclic) bond motifs is 1. The third kappa shape index (κ3) is 2.82. The summed E-state index contributed by atoms with van der Waals surface area (Å²) in [5, 5.41) is 2.84. The fourth-order valence-corrected chi connectivity index (χ4v) is 1.55. The Hall–Kier alpha value is -2.56. The average Bonchev–Trinajstić information content (AvgIpc) is 2.76. The lowest BCUT2D eigenvalue weighted by Gasteiger charge is -1.96. The van der Waals surface area contributed by atoms with Gasteiger partial charge in [-0.25, -0.2) is 4.79 Å². The van der Waals surface area contributed by atoms with E-state index >= 15 is 0 Å². The number of allylic oxidation sites excluding steroid dienone is 3. The monoisotopic (exact) mass is 258 g/mol. The van der Waals surface area contributed by atoms with E-state index in [2.05, 4.69) is 5.32 Å². The zero-order chi connectivity index (χ0) is 13.7. The smallest absolute Gasteiger partial charge is 0.362 e. The Kier molecular flexibility index (Phi) is 3.97. The van der Waals surface area contributed by atoms with Crippen LogP contribution in [0.4, 0.5) is 4.79 Å². The molecule has 5 nitrogen and oxygen atoms in total. The highest BCUT2D eigenvalue weighted by molar-refractivity contribution is 5.82. The molecule has 98 valence electrons. The maximum absolute atomic E-state index is 11.9. The zero-order valence-electron chi connectivity index (χ0n) is 10.5. The topological polar surface area (TPSA) is 64.2 Å². The van der Waals surface area contributed by atoms with Gasteiger partial charge in [-0.15, -0.1) is 0 Å². The predicted molar refractivity (Wildman–Crippen MR) is 73.0 cm³/mol. The summed E-state index contributed by atoms with van der Waals surface area (Å²) in [4.78, 5) is 23.6. The first-order chi connectivity index (χ1) is 9.24. The molecule has 0 aliphatic carbocycles. The number of hydrogen-bond acceptors (Lipinski definition) is 3. The number of amides is 1. The van der Waals surface area contributed by atoms with Gasteiger partial charge < -0.3 is 9.84 Å². The van der Waals surface area contributed by atoms with Crippen LogP contribution in [-0.2, 0) is 0 Å². The molecule has 1 N–H and O–H groups in total. The van der Waals surface area contributed by atoms with Gasteiger partial charge in [0.05, 0.1) is 5.39 Å². The molecule has 1 aromatic carbocycles. The van der Waals surface area contributed by atoms with Crippen LogP contribution in [0.25, 0.3) is 11.0 Å². The molecule has 0 aliphatic rings. The van der Waals surface area contributed by atoms with E-state index in [4.69, 9.17) is 4.52 Å². The van der Waals surface area contributed by atoms with Gasteiger partial charge in [-0.05, 0) is 24.6 Å². The van der Waals surface area contributed by atoms with Crippen LogP contribution >= 0.6 is 0 Å². The number of nitrogens with one attached hydrogen (secondary N) is 1. The van der Waals surface area contributed by atoms with E-state index in [1.54, 1.807) is 30.3 Å². The van der Waals surface area contributed by atoms with Crippen LogP contribution in [0.5, 0.6) is 0 Å². The molecule has 2 rings (SSSR count). The van der Waals surface area contributed by atoms with Gasteiger partial charge in [-0.1, -0.05) is 35.9 Å². The summed E-state index contributed by atoms with van der Waals surface area (Å²) in [7, 11) is 0. The van der Waals surface area contributed by atoms with Gasteiger partial charge in [0.2, 0.25) is 0 Å². The van der Waals surface area contributed by atoms with Crippen molar-refractivity contribution >= 4 is 17.0 Å². The second-order valence-corrected chi connectivity index (χ2v) is 3.83.